The van der Waals surface area contributed by atoms with Crippen molar-refractivity contribution in [2.75, 3.05) is 20.3 Å². The first-order chi connectivity index (χ1) is 14.9. The van der Waals surface area contributed by atoms with E-state index in [1.165, 1.54) is 16.8 Å². The summed E-state index contributed by atoms with van der Waals surface area (Å²) in [5.41, 5.74) is 2.18. The molecule has 0 bridgehead atoms. The van der Waals surface area contributed by atoms with Gasteiger partial charge in [-0.1, -0.05) is 12.8 Å². The number of alkyl halides is 6. The van der Waals surface area contributed by atoms with Crippen molar-refractivity contribution < 1.29 is 31.1 Å². The quantitative estimate of drug-likeness (QED) is 0.616. The molecule has 0 aromatic heterocycles. The molecule has 0 radical (unpaired) electrons. The maximum absolute atomic E-state index is 15.8. The summed E-state index contributed by atoms with van der Waals surface area (Å²) >= 11 is 0. The number of halogens is 6. The van der Waals surface area contributed by atoms with Crippen LogP contribution in [0.5, 0.6) is 0 Å². The fourth-order valence-corrected chi connectivity index (χ4v) is 6.41. The zero-order chi connectivity index (χ0) is 23.5. The number of carbonyl (C=O) groups excluding carboxylic acids is 1. The number of likely N-dealkylation sites (tertiary alicyclic amines) is 1. The Bertz CT molecular complexity index is 717. The van der Waals surface area contributed by atoms with Crippen LogP contribution in [-0.4, -0.2) is 65.9 Å². The number of fused-ring (bicyclic) bond motifs is 1. The van der Waals surface area contributed by atoms with Gasteiger partial charge in [-0.25, -0.2) is 15.2 Å². The van der Waals surface area contributed by atoms with E-state index in [1.807, 2.05) is 0 Å². The summed E-state index contributed by atoms with van der Waals surface area (Å²) in [6.45, 7) is 1.05. The van der Waals surface area contributed by atoms with Crippen molar-refractivity contribution in [1.29, 1.82) is 0 Å². The summed E-state index contributed by atoms with van der Waals surface area (Å²) in [4.78, 5) is 15.8. The number of hydrogen-bond acceptors (Lipinski definition) is 4. The molecule has 4 fully saturated rings. The van der Waals surface area contributed by atoms with Crippen molar-refractivity contribution in [1.82, 2.24) is 20.7 Å². The normalized spacial score (nSPS) is 39.2. The molecule has 5 nitrogen and oxygen atoms in total. The standard InChI is InChI=1S/C21H32F6N4O/c1-19(22,20(23,24)18-29-28-11-30(18)2)12-5-3-6-13(9-12)31-10-15-14(17(31)32)7-4-8-16(15)21(25,26)27/h12-16,18,28-29H,3-11H2,1-2H3/t12?,13?,14?,15?,16?,18?,19-/m0/s1. The maximum atomic E-state index is 15.8. The van der Waals surface area contributed by atoms with Crippen LogP contribution in [0.2, 0.25) is 0 Å². The molecule has 0 spiro atoms. The second-order valence-corrected chi connectivity index (χ2v) is 10.2. The lowest BCUT2D eigenvalue weighted by Gasteiger charge is -2.45. The maximum Gasteiger partial charge on any atom is 0.392 e. The van der Waals surface area contributed by atoms with Crippen LogP contribution in [0.4, 0.5) is 26.3 Å². The van der Waals surface area contributed by atoms with Gasteiger partial charge in [0.25, 0.3) is 0 Å². The van der Waals surface area contributed by atoms with Crippen molar-refractivity contribution in [2.45, 2.75) is 81.8 Å². The Balaban J connectivity index is 1.50. The second kappa shape index (κ2) is 8.30. The van der Waals surface area contributed by atoms with Crippen LogP contribution in [0.15, 0.2) is 0 Å². The first-order valence-electron chi connectivity index (χ1n) is 11.5. The summed E-state index contributed by atoms with van der Waals surface area (Å²) in [6.07, 6.45) is -3.83. The highest BCUT2D eigenvalue weighted by Crippen LogP contribution is 2.51. The highest BCUT2D eigenvalue weighted by molar-refractivity contribution is 5.82. The number of hydrogen-bond donors (Lipinski definition) is 2. The molecule has 2 saturated carbocycles. The Hall–Kier alpha value is -1.07. The third-order valence-corrected chi connectivity index (χ3v) is 8.35. The van der Waals surface area contributed by atoms with E-state index in [0.29, 0.717) is 25.7 Å². The smallest absolute Gasteiger partial charge is 0.339 e. The van der Waals surface area contributed by atoms with Gasteiger partial charge in [0.1, 0.15) is 6.17 Å². The van der Waals surface area contributed by atoms with E-state index in [1.54, 1.807) is 0 Å². The Labute approximate surface area is 184 Å². The highest BCUT2D eigenvalue weighted by atomic mass is 19.4. The van der Waals surface area contributed by atoms with Gasteiger partial charge in [0, 0.05) is 24.4 Å². The lowest BCUT2D eigenvalue weighted by Crippen LogP contribution is -2.62. The van der Waals surface area contributed by atoms with E-state index in [4.69, 9.17) is 0 Å². The highest BCUT2D eigenvalue weighted by Gasteiger charge is 2.63. The van der Waals surface area contributed by atoms with Crippen LogP contribution in [0.3, 0.4) is 0 Å². The molecule has 2 aliphatic heterocycles. The van der Waals surface area contributed by atoms with Gasteiger partial charge in [0.15, 0.2) is 5.67 Å². The minimum Gasteiger partial charge on any atom is -0.339 e. The van der Waals surface area contributed by atoms with Gasteiger partial charge in [0.2, 0.25) is 5.91 Å². The average molecular weight is 471 g/mol. The van der Waals surface area contributed by atoms with Crippen molar-refractivity contribution in [3.05, 3.63) is 0 Å². The zero-order valence-corrected chi connectivity index (χ0v) is 18.4. The molecule has 4 aliphatic rings. The average Bonchev–Trinajstić information content (AvgIpc) is 3.31. The molecule has 0 aromatic rings. The van der Waals surface area contributed by atoms with Gasteiger partial charge in [-0.3, -0.25) is 9.69 Å². The summed E-state index contributed by atoms with van der Waals surface area (Å²) < 4.78 is 86.8. The molecule has 1 amide bonds. The van der Waals surface area contributed by atoms with E-state index in [-0.39, 0.29) is 38.4 Å². The Kier molecular flexibility index (Phi) is 6.24. The van der Waals surface area contributed by atoms with Gasteiger partial charge >= 0.3 is 12.1 Å². The summed E-state index contributed by atoms with van der Waals surface area (Å²) in [6, 6.07) is -0.501. The summed E-state index contributed by atoms with van der Waals surface area (Å²) in [5.74, 6) is -8.00. The van der Waals surface area contributed by atoms with E-state index < -0.39 is 53.6 Å². The minimum absolute atomic E-state index is 0.0126. The molecule has 2 saturated heterocycles. The molecular weight excluding hydrogens is 438 g/mol. The van der Waals surface area contributed by atoms with Crippen molar-refractivity contribution in [2.24, 2.45) is 23.7 Å². The third kappa shape index (κ3) is 3.91. The zero-order valence-electron chi connectivity index (χ0n) is 18.4. The molecule has 7 atom stereocenters. The SMILES string of the molecule is CN1CNNC1C(F)(F)[C@@](C)(F)C1CCCC(N2CC3C(CCCC3C(F)(F)F)C2=O)C1. The fraction of sp³-hybridized carbons (Fsp3) is 0.952. The van der Waals surface area contributed by atoms with Gasteiger partial charge in [-0.05, 0) is 52.0 Å². The number of rotatable bonds is 4. The van der Waals surface area contributed by atoms with Crippen LogP contribution in [0, 0.1) is 23.7 Å². The van der Waals surface area contributed by atoms with Crippen molar-refractivity contribution >= 4 is 5.91 Å². The van der Waals surface area contributed by atoms with E-state index in [2.05, 4.69) is 10.9 Å². The molecule has 2 aliphatic carbocycles. The number of amides is 1. The van der Waals surface area contributed by atoms with Crippen LogP contribution in [0.25, 0.3) is 0 Å². The van der Waals surface area contributed by atoms with Crippen molar-refractivity contribution in [3.8, 4) is 0 Å². The number of nitrogens with one attached hydrogen (secondary N) is 2. The predicted molar refractivity (Wildman–Crippen MR) is 105 cm³/mol. The molecule has 11 heteroatoms. The predicted octanol–water partition coefficient (Wildman–Crippen LogP) is 3.67. The Morgan fingerprint density at radius 1 is 1.00 bits per heavy atom. The summed E-state index contributed by atoms with van der Waals surface area (Å²) in [5, 5.41) is 0. The van der Waals surface area contributed by atoms with E-state index >= 15 is 13.2 Å². The summed E-state index contributed by atoms with van der Waals surface area (Å²) in [7, 11) is 1.47. The van der Waals surface area contributed by atoms with E-state index in [9.17, 15) is 18.0 Å². The molecule has 6 unspecified atom stereocenters. The molecule has 32 heavy (non-hydrogen) atoms. The molecule has 2 heterocycles. The van der Waals surface area contributed by atoms with Crippen molar-refractivity contribution in [3.63, 3.8) is 0 Å². The molecule has 0 aromatic carbocycles. The molecule has 184 valence electrons. The monoisotopic (exact) mass is 470 g/mol. The minimum atomic E-state index is -4.36. The number of nitrogens with zero attached hydrogens (tertiary/aromatic N) is 2. The fourth-order valence-electron chi connectivity index (χ4n) is 6.41. The first kappa shape index (κ1) is 24.1. The topological polar surface area (TPSA) is 47.6 Å². The lowest BCUT2D eigenvalue weighted by atomic mass is 9.73. The van der Waals surface area contributed by atoms with Crippen LogP contribution in [-0.2, 0) is 4.79 Å². The number of carbonyl (C=O) groups is 1. The Morgan fingerprint density at radius 3 is 2.31 bits per heavy atom. The first-order valence-corrected chi connectivity index (χ1v) is 11.5. The van der Waals surface area contributed by atoms with Gasteiger partial charge in [0.05, 0.1) is 12.6 Å². The third-order valence-electron chi connectivity index (χ3n) is 8.35. The van der Waals surface area contributed by atoms with Gasteiger partial charge in [-0.2, -0.15) is 22.0 Å². The van der Waals surface area contributed by atoms with Crippen LogP contribution < -0.4 is 10.9 Å². The second-order valence-electron chi connectivity index (χ2n) is 10.2. The Morgan fingerprint density at radius 2 is 1.69 bits per heavy atom. The number of hydrazine groups is 1. The lowest BCUT2D eigenvalue weighted by molar-refractivity contribution is -0.200. The van der Waals surface area contributed by atoms with E-state index in [0.717, 1.165) is 6.92 Å². The molecule has 2 N–H and O–H groups in total. The van der Waals surface area contributed by atoms with Gasteiger partial charge < -0.3 is 4.90 Å². The molecule has 4 rings (SSSR count). The van der Waals surface area contributed by atoms with Crippen LogP contribution >= 0.6 is 0 Å². The largest absolute Gasteiger partial charge is 0.392 e. The van der Waals surface area contributed by atoms with Crippen LogP contribution in [0.1, 0.15) is 51.9 Å². The molecular formula is C21H32F6N4O. The van der Waals surface area contributed by atoms with Gasteiger partial charge in [-0.15, -0.1) is 0 Å².